The van der Waals surface area contributed by atoms with Gasteiger partial charge in [0, 0.05) is 51.7 Å². The third-order valence-corrected chi connectivity index (χ3v) is 5.07. The summed E-state index contributed by atoms with van der Waals surface area (Å²) >= 11 is 0. The summed E-state index contributed by atoms with van der Waals surface area (Å²) in [5, 5.41) is 0. The highest BCUT2D eigenvalue weighted by atomic mass is 16.5. The van der Waals surface area contributed by atoms with Gasteiger partial charge in [0.25, 0.3) is 0 Å². The third kappa shape index (κ3) is 4.41. The number of H-pyrrole nitrogens is 1. The van der Waals surface area contributed by atoms with Crippen LogP contribution >= 0.6 is 0 Å². The average Bonchev–Trinajstić information content (AvgIpc) is 3.15. The van der Waals surface area contributed by atoms with Gasteiger partial charge >= 0.3 is 6.03 Å². The van der Waals surface area contributed by atoms with Crippen LogP contribution in [-0.2, 0) is 11.3 Å². The Labute approximate surface area is 149 Å². The van der Waals surface area contributed by atoms with Crippen molar-refractivity contribution in [1.82, 2.24) is 24.7 Å². The van der Waals surface area contributed by atoms with Gasteiger partial charge < -0.3 is 19.5 Å². The largest absolute Gasteiger partial charge is 0.378 e. The normalized spacial score (nSPS) is 20.2. The predicted molar refractivity (Wildman–Crippen MR) is 96.2 cm³/mol. The molecule has 1 fully saturated rings. The van der Waals surface area contributed by atoms with Crippen molar-refractivity contribution < 1.29 is 9.53 Å². The van der Waals surface area contributed by atoms with Crippen LogP contribution in [0.1, 0.15) is 25.5 Å². The van der Waals surface area contributed by atoms with Gasteiger partial charge in [0.05, 0.1) is 25.6 Å². The summed E-state index contributed by atoms with van der Waals surface area (Å²) in [7, 11) is 1.93. The number of likely N-dealkylation sites (N-methyl/N-ethyl adjacent to an activating group) is 1. The van der Waals surface area contributed by atoms with Crippen molar-refractivity contribution in [3.63, 3.8) is 0 Å². The molecule has 1 unspecified atom stereocenters. The topological polar surface area (TPSA) is 64.7 Å². The smallest absolute Gasteiger partial charge is 0.320 e. The predicted octanol–water partition coefficient (Wildman–Crippen LogP) is 1.70. The molecule has 0 spiro atoms. The monoisotopic (exact) mass is 347 g/mol. The van der Waals surface area contributed by atoms with Gasteiger partial charge in [0.2, 0.25) is 0 Å². The molecule has 2 aliphatic rings. The van der Waals surface area contributed by atoms with E-state index in [9.17, 15) is 4.79 Å². The van der Waals surface area contributed by atoms with E-state index in [1.165, 1.54) is 5.57 Å². The highest BCUT2D eigenvalue weighted by Gasteiger charge is 2.28. The molecule has 0 aromatic carbocycles. The van der Waals surface area contributed by atoms with Crippen LogP contribution in [0.15, 0.2) is 24.2 Å². The maximum absolute atomic E-state index is 12.8. The highest BCUT2D eigenvalue weighted by Crippen LogP contribution is 2.21. The molecule has 25 heavy (non-hydrogen) atoms. The van der Waals surface area contributed by atoms with E-state index >= 15 is 0 Å². The average molecular weight is 347 g/mol. The fourth-order valence-electron chi connectivity index (χ4n) is 3.72. The van der Waals surface area contributed by atoms with Gasteiger partial charge in [-0.05, 0) is 18.4 Å². The van der Waals surface area contributed by atoms with Crippen LogP contribution in [0, 0.1) is 0 Å². The number of imidazole rings is 1. The van der Waals surface area contributed by atoms with Crippen LogP contribution in [0.5, 0.6) is 0 Å². The van der Waals surface area contributed by atoms with Crippen molar-refractivity contribution in [2.75, 3.05) is 46.4 Å². The molecule has 0 bridgehead atoms. The van der Waals surface area contributed by atoms with Crippen LogP contribution in [0.3, 0.4) is 0 Å². The number of hydrogen-bond acceptors (Lipinski definition) is 4. The van der Waals surface area contributed by atoms with Gasteiger partial charge in [-0.25, -0.2) is 9.78 Å². The first-order valence-electron chi connectivity index (χ1n) is 9.17. The summed E-state index contributed by atoms with van der Waals surface area (Å²) in [6, 6.07) is 0.265. The Morgan fingerprint density at radius 1 is 1.40 bits per heavy atom. The van der Waals surface area contributed by atoms with Crippen LogP contribution < -0.4 is 0 Å². The number of aromatic amines is 1. The number of hydrogen-bond donors (Lipinski definition) is 1. The molecule has 0 radical (unpaired) electrons. The number of rotatable bonds is 5. The lowest BCUT2D eigenvalue weighted by atomic mass is 9.98. The fourth-order valence-corrected chi connectivity index (χ4v) is 3.72. The first-order valence-corrected chi connectivity index (χ1v) is 9.17. The first-order chi connectivity index (χ1) is 12.2. The molecule has 1 atom stereocenters. The molecule has 0 aliphatic carbocycles. The van der Waals surface area contributed by atoms with Crippen molar-refractivity contribution in [1.29, 1.82) is 0 Å². The number of carbonyl (C=O) groups excluding carboxylic acids is 1. The number of nitrogens with one attached hydrogen (secondary N) is 1. The molecule has 1 saturated heterocycles. The number of morpholine rings is 1. The molecule has 3 rings (SSSR count). The Bertz CT molecular complexity index is 580. The van der Waals surface area contributed by atoms with Gasteiger partial charge in [-0.3, -0.25) is 4.90 Å². The Kier molecular flexibility index (Phi) is 6.09. The van der Waals surface area contributed by atoms with Gasteiger partial charge in [-0.2, -0.15) is 0 Å². The van der Waals surface area contributed by atoms with Crippen LogP contribution in [0.4, 0.5) is 4.79 Å². The van der Waals surface area contributed by atoms with E-state index in [0.717, 1.165) is 38.2 Å². The summed E-state index contributed by atoms with van der Waals surface area (Å²) in [6.45, 7) is 7.61. The molecule has 7 heteroatoms. The highest BCUT2D eigenvalue weighted by molar-refractivity contribution is 5.75. The summed E-state index contributed by atoms with van der Waals surface area (Å²) in [6.07, 6.45) is 7.87. The molecule has 1 aromatic heterocycles. The molecule has 2 amide bonds. The van der Waals surface area contributed by atoms with Crippen molar-refractivity contribution in [3.05, 3.63) is 29.9 Å². The zero-order chi connectivity index (χ0) is 17.6. The maximum atomic E-state index is 12.8. The van der Waals surface area contributed by atoms with E-state index in [-0.39, 0.29) is 12.1 Å². The number of amides is 2. The molecule has 1 N–H and O–H groups in total. The van der Waals surface area contributed by atoms with Crippen molar-refractivity contribution in [2.45, 2.75) is 32.4 Å². The van der Waals surface area contributed by atoms with Gasteiger partial charge in [-0.1, -0.05) is 13.0 Å². The number of carbonyl (C=O) groups is 1. The second-order valence-corrected chi connectivity index (χ2v) is 6.77. The van der Waals surface area contributed by atoms with E-state index in [1.54, 1.807) is 6.33 Å². The minimum Gasteiger partial charge on any atom is -0.378 e. The van der Waals surface area contributed by atoms with Crippen LogP contribution in [0.25, 0.3) is 0 Å². The van der Waals surface area contributed by atoms with Crippen LogP contribution in [-0.4, -0.2) is 83.2 Å². The minimum absolute atomic E-state index is 0.113. The second-order valence-electron chi connectivity index (χ2n) is 6.77. The SMILES string of the molecule is CCC(C1=CCCN(Cc2cnc[nH]2)C1)N(C)C(=O)N1CCOCC1. The van der Waals surface area contributed by atoms with Gasteiger partial charge in [0.15, 0.2) is 0 Å². The molecule has 0 saturated carbocycles. The summed E-state index contributed by atoms with van der Waals surface area (Å²) in [4.78, 5) is 26.3. The summed E-state index contributed by atoms with van der Waals surface area (Å²) < 4.78 is 5.36. The minimum atomic E-state index is 0.113. The molecular weight excluding hydrogens is 318 g/mol. The van der Waals surface area contributed by atoms with Gasteiger partial charge in [-0.15, -0.1) is 0 Å². The summed E-state index contributed by atoms with van der Waals surface area (Å²) in [5.74, 6) is 0. The Morgan fingerprint density at radius 2 is 2.20 bits per heavy atom. The molecular formula is C18H29N5O2. The van der Waals surface area contributed by atoms with E-state index in [0.29, 0.717) is 26.3 Å². The summed E-state index contributed by atoms with van der Waals surface area (Å²) in [5.41, 5.74) is 2.48. The fraction of sp³-hybridized carbons (Fsp3) is 0.667. The molecule has 1 aromatic rings. The Morgan fingerprint density at radius 3 is 2.88 bits per heavy atom. The maximum Gasteiger partial charge on any atom is 0.320 e. The van der Waals surface area contributed by atoms with Crippen molar-refractivity contribution in [3.8, 4) is 0 Å². The number of nitrogens with zero attached hydrogens (tertiary/aromatic N) is 4. The Hall–Kier alpha value is -1.86. The van der Waals surface area contributed by atoms with Crippen molar-refractivity contribution >= 4 is 6.03 Å². The Balaban J connectivity index is 1.62. The van der Waals surface area contributed by atoms with E-state index in [1.807, 2.05) is 23.0 Å². The zero-order valence-electron chi connectivity index (χ0n) is 15.3. The van der Waals surface area contributed by atoms with Crippen LogP contribution in [0.2, 0.25) is 0 Å². The quantitative estimate of drug-likeness (QED) is 0.824. The van der Waals surface area contributed by atoms with E-state index in [4.69, 9.17) is 4.74 Å². The van der Waals surface area contributed by atoms with Crippen molar-refractivity contribution in [2.24, 2.45) is 0 Å². The zero-order valence-corrected chi connectivity index (χ0v) is 15.3. The standard InChI is InChI=1S/C18H29N5O2/c1-3-17(21(2)18(24)23-7-9-25-10-8-23)15-5-4-6-22(12-15)13-16-11-19-14-20-16/h5,11,14,17H,3-4,6-10,12-13H2,1-2H3,(H,19,20). The number of urea groups is 1. The van der Waals surface area contributed by atoms with E-state index in [2.05, 4.69) is 27.9 Å². The lowest BCUT2D eigenvalue weighted by Crippen LogP contribution is -2.51. The molecule has 3 heterocycles. The molecule has 7 nitrogen and oxygen atoms in total. The molecule has 2 aliphatic heterocycles. The first kappa shape index (κ1) is 17.9. The van der Waals surface area contributed by atoms with Gasteiger partial charge in [0.1, 0.15) is 0 Å². The lowest BCUT2D eigenvalue weighted by molar-refractivity contribution is 0.0427. The van der Waals surface area contributed by atoms with E-state index < -0.39 is 0 Å². The second kappa shape index (κ2) is 8.49. The molecule has 138 valence electrons. The number of ether oxygens (including phenoxy) is 1. The lowest BCUT2D eigenvalue weighted by Gasteiger charge is -2.38. The number of aromatic nitrogens is 2. The third-order valence-electron chi connectivity index (χ3n) is 5.07.